The molecule has 1 aromatic heterocycles. The molecule has 2 N–H and O–H groups in total. The van der Waals surface area contributed by atoms with Crippen molar-refractivity contribution in [1.82, 2.24) is 10.2 Å². The lowest BCUT2D eigenvalue weighted by Crippen LogP contribution is -2.13. The van der Waals surface area contributed by atoms with E-state index in [4.69, 9.17) is 10.5 Å². The fraction of sp³-hybridized carbons (Fsp3) is 0.231. The Labute approximate surface area is 106 Å². The normalized spacial score (nSPS) is 10.2. The van der Waals surface area contributed by atoms with Gasteiger partial charge in [0.15, 0.2) is 5.82 Å². The van der Waals surface area contributed by atoms with Crippen molar-refractivity contribution in [2.24, 2.45) is 5.73 Å². The van der Waals surface area contributed by atoms with Crippen molar-refractivity contribution in [1.29, 1.82) is 0 Å². The lowest BCUT2D eigenvalue weighted by atomic mass is 10.2. The highest BCUT2D eigenvalue weighted by Gasteiger charge is 2.10. The molecule has 94 valence electrons. The predicted molar refractivity (Wildman–Crippen MR) is 71.0 cm³/mol. The van der Waals surface area contributed by atoms with Gasteiger partial charge in [0, 0.05) is 13.6 Å². The van der Waals surface area contributed by atoms with E-state index in [9.17, 15) is 0 Å². The number of ether oxygens (including phenoxy) is 1. The molecule has 0 saturated heterocycles. The van der Waals surface area contributed by atoms with E-state index in [1.54, 1.807) is 7.11 Å². The third kappa shape index (κ3) is 2.41. The van der Waals surface area contributed by atoms with Gasteiger partial charge >= 0.3 is 0 Å². The highest BCUT2D eigenvalue weighted by molar-refractivity contribution is 5.66. The Morgan fingerprint density at radius 3 is 2.56 bits per heavy atom. The number of rotatable bonds is 4. The third-order valence-electron chi connectivity index (χ3n) is 2.71. The molecule has 0 bridgehead atoms. The number of hydrogen-bond donors (Lipinski definition) is 1. The van der Waals surface area contributed by atoms with E-state index < -0.39 is 0 Å². The molecular weight excluding hydrogens is 228 g/mol. The van der Waals surface area contributed by atoms with E-state index in [-0.39, 0.29) is 0 Å². The minimum atomic E-state index is 0.394. The molecule has 1 heterocycles. The molecule has 0 saturated carbocycles. The van der Waals surface area contributed by atoms with Crippen LogP contribution in [0.5, 0.6) is 5.75 Å². The summed E-state index contributed by atoms with van der Waals surface area (Å²) in [5.41, 5.74) is 7.21. The summed E-state index contributed by atoms with van der Waals surface area (Å²) < 4.78 is 5.32. The van der Waals surface area contributed by atoms with Crippen molar-refractivity contribution in [2.45, 2.75) is 6.54 Å². The second-order valence-electron chi connectivity index (χ2n) is 3.82. The number of anilines is 2. The second kappa shape index (κ2) is 5.46. The fourth-order valence-electron chi connectivity index (χ4n) is 1.67. The summed E-state index contributed by atoms with van der Waals surface area (Å²) in [6, 6.07) is 11.5. The Kier molecular flexibility index (Phi) is 3.74. The maximum Gasteiger partial charge on any atom is 0.155 e. The van der Waals surface area contributed by atoms with Gasteiger partial charge in [-0.2, -0.15) is 5.10 Å². The van der Waals surface area contributed by atoms with Gasteiger partial charge in [0.1, 0.15) is 5.75 Å². The lowest BCUT2D eigenvalue weighted by molar-refractivity contribution is 0.415. The van der Waals surface area contributed by atoms with Crippen molar-refractivity contribution in [3.8, 4) is 5.75 Å². The maximum atomic E-state index is 5.50. The zero-order valence-corrected chi connectivity index (χ0v) is 10.5. The molecule has 0 atom stereocenters. The summed E-state index contributed by atoms with van der Waals surface area (Å²) in [4.78, 5) is 1.92. The molecule has 2 aromatic rings. The summed E-state index contributed by atoms with van der Waals surface area (Å²) in [5, 5.41) is 8.18. The summed E-state index contributed by atoms with van der Waals surface area (Å²) >= 11 is 0. The first-order valence-corrected chi connectivity index (χ1v) is 5.65. The number of methoxy groups -OCH3 is 1. The number of hydrogen-bond acceptors (Lipinski definition) is 5. The van der Waals surface area contributed by atoms with Gasteiger partial charge in [-0.1, -0.05) is 12.1 Å². The van der Waals surface area contributed by atoms with Gasteiger partial charge in [0.25, 0.3) is 0 Å². The Morgan fingerprint density at radius 2 is 1.94 bits per heavy atom. The summed E-state index contributed by atoms with van der Waals surface area (Å²) in [6.45, 7) is 0.394. The number of nitrogens with two attached hydrogens (primary N) is 1. The van der Waals surface area contributed by atoms with Crippen molar-refractivity contribution >= 4 is 11.5 Å². The smallest absolute Gasteiger partial charge is 0.155 e. The average molecular weight is 244 g/mol. The van der Waals surface area contributed by atoms with Crippen LogP contribution < -0.4 is 15.4 Å². The fourth-order valence-corrected chi connectivity index (χ4v) is 1.67. The van der Waals surface area contributed by atoms with Crippen LogP contribution in [-0.4, -0.2) is 24.4 Å². The standard InChI is InChI=1S/C13H16N4O/c1-17(11-5-3-4-6-12(11)18-2)13-8-7-10(9-14)15-16-13/h3-8H,9,14H2,1-2H3. The maximum absolute atomic E-state index is 5.50. The van der Waals surface area contributed by atoms with Gasteiger partial charge in [0.05, 0.1) is 18.5 Å². The highest BCUT2D eigenvalue weighted by atomic mass is 16.5. The van der Waals surface area contributed by atoms with Crippen LogP contribution in [0.1, 0.15) is 5.69 Å². The van der Waals surface area contributed by atoms with E-state index in [0.717, 1.165) is 22.9 Å². The van der Waals surface area contributed by atoms with Crippen LogP contribution in [0.3, 0.4) is 0 Å². The molecule has 18 heavy (non-hydrogen) atoms. The zero-order chi connectivity index (χ0) is 13.0. The lowest BCUT2D eigenvalue weighted by Gasteiger charge is -2.20. The topological polar surface area (TPSA) is 64.3 Å². The molecule has 0 aliphatic rings. The van der Waals surface area contributed by atoms with Crippen LogP contribution in [0.15, 0.2) is 36.4 Å². The Balaban J connectivity index is 2.31. The molecular formula is C13H16N4O. The SMILES string of the molecule is COc1ccccc1N(C)c1ccc(CN)nn1. The molecule has 0 spiro atoms. The first kappa shape index (κ1) is 12.3. The largest absolute Gasteiger partial charge is 0.495 e. The van der Waals surface area contributed by atoms with Crippen LogP contribution in [0.25, 0.3) is 0 Å². The van der Waals surface area contributed by atoms with Crippen molar-refractivity contribution in [2.75, 3.05) is 19.1 Å². The summed E-state index contributed by atoms with van der Waals surface area (Å²) in [5.74, 6) is 1.54. The molecule has 0 aliphatic heterocycles. The molecule has 0 fully saturated rings. The molecule has 0 aliphatic carbocycles. The van der Waals surface area contributed by atoms with E-state index in [1.807, 2.05) is 48.3 Å². The van der Waals surface area contributed by atoms with E-state index >= 15 is 0 Å². The van der Waals surface area contributed by atoms with Crippen LogP contribution in [-0.2, 0) is 6.54 Å². The van der Waals surface area contributed by atoms with Gasteiger partial charge in [-0.15, -0.1) is 5.10 Å². The first-order chi connectivity index (χ1) is 8.76. The van der Waals surface area contributed by atoms with E-state index in [2.05, 4.69) is 10.2 Å². The number of nitrogens with zero attached hydrogens (tertiary/aromatic N) is 3. The first-order valence-electron chi connectivity index (χ1n) is 5.65. The van der Waals surface area contributed by atoms with Crippen molar-refractivity contribution < 1.29 is 4.74 Å². The van der Waals surface area contributed by atoms with Gasteiger partial charge in [-0.25, -0.2) is 0 Å². The van der Waals surface area contributed by atoms with Gasteiger partial charge in [-0.05, 0) is 24.3 Å². The van der Waals surface area contributed by atoms with Gasteiger partial charge < -0.3 is 15.4 Å². The monoisotopic (exact) mass is 244 g/mol. The quantitative estimate of drug-likeness (QED) is 0.887. The van der Waals surface area contributed by atoms with Gasteiger partial charge in [-0.3, -0.25) is 0 Å². The molecule has 0 amide bonds. The highest BCUT2D eigenvalue weighted by Crippen LogP contribution is 2.30. The number of para-hydroxylation sites is 2. The second-order valence-corrected chi connectivity index (χ2v) is 3.82. The molecule has 0 unspecified atom stereocenters. The Morgan fingerprint density at radius 1 is 1.17 bits per heavy atom. The number of benzene rings is 1. The molecule has 1 aromatic carbocycles. The third-order valence-corrected chi connectivity index (χ3v) is 2.71. The minimum Gasteiger partial charge on any atom is -0.495 e. The van der Waals surface area contributed by atoms with E-state index in [0.29, 0.717) is 6.54 Å². The summed E-state index contributed by atoms with van der Waals surface area (Å²) in [7, 11) is 3.57. The molecule has 2 rings (SSSR count). The minimum absolute atomic E-state index is 0.394. The van der Waals surface area contributed by atoms with Crippen LogP contribution >= 0.6 is 0 Å². The summed E-state index contributed by atoms with van der Waals surface area (Å²) in [6.07, 6.45) is 0. The molecule has 5 heteroatoms. The molecule has 0 radical (unpaired) electrons. The Bertz CT molecular complexity index is 513. The zero-order valence-electron chi connectivity index (χ0n) is 10.5. The van der Waals surface area contributed by atoms with Crippen LogP contribution in [0, 0.1) is 0 Å². The van der Waals surface area contributed by atoms with Gasteiger partial charge in [0.2, 0.25) is 0 Å². The number of aromatic nitrogens is 2. The van der Waals surface area contributed by atoms with Crippen LogP contribution in [0.2, 0.25) is 0 Å². The predicted octanol–water partition coefficient (Wildman–Crippen LogP) is 1.71. The average Bonchev–Trinajstić information content (AvgIpc) is 2.46. The molecule has 5 nitrogen and oxygen atoms in total. The van der Waals surface area contributed by atoms with Crippen molar-refractivity contribution in [3.63, 3.8) is 0 Å². The Hall–Kier alpha value is -2.14. The van der Waals surface area contributed by atoms with Crippen molar-refractivity contribution in [3.05, 3.63) is 42.1 Å². The van der Waals surface area contributed by atoms with Crippen LogP contribution in [0.4, 0.5) is 11.5 Å². The van der Waals surface area contributed by atoms with E-state index in [1.165, 1.54) is 0 Å².